The third kappa shape index (κ3) is 6.46. The van der Waals surface area contributed by atoms with E-state index in [-0.39, 0.29) is 5.97 Å². The lowest BCUT2D eigenvalue weighted by Crippen LogP contribution is -2.10. The zero-order valence-corrected chi connectivity index (χ0v) is 14.4. The highest BCUT2D eigenvalue weighted by Gasteiger charge is 2.03. The summed E-state index contributed by atoms with van der Waals surface area (Å²) in [5, 5.41) is 4.09. The summed E-state index contributed by atoms with van der Waals surface area (Å²) in [6.07, 6.45) is 5.44. The van der Waals surface area contributed by atoms with E-state index in [2.05, 4.69) is 27.7 Å². The smallest absolute Gasteiger partial charge is 0.305 e. The van der Waals surface area contributed by atoms with Crippen LogP contribution in [0.25, 0.3) is 0 Å². The van der Waals surface area contributed by atoms with E-state index in [1.807, 2.05) is 41.2 Å². The Morgan fingerprint density at radius 1 is 1.18 bits per heavy atom. The number of benzene rings is 1. The van der Waals surface area contributed by atoms with Crippen LogP contribution < -0.4 is 4.74 Å². The van der Waals surface area contributed by atoms with Crippen molar-refractivity contribution in [2.45, 2.75) is 25.8 Å². The van der Waals surface area contributed by atoms with Gasteiger partial charge in [-0.2, -0.15) is 5.10 Å². The second-order valence-electron chi connectivity index (χ2n) is 4.75. The predicted octanol–water partition coefficient (Wildman–Crippen LogP) is 3.28. The molecule has 118 valence electrons. The molecule has 1 aromatic carbocycles. The van der Waals surface area contributed by atoms with Crippen LogP contribution >= 0.6 is 22.6 Å². The monoisotopic (exact) mass is 414 g/mol. The van der Waals surface area contributed by atoms with Crippen LogP contribution in [-0.4, -0.2) is 29.0 Å². The standard InChI is InChI=1S/C16H19IN2O3/c17-14-5-7-15(8-6-14)21-12-1-4-16(20)22-13-3-11-19-10-2-9-18-19/h2,5-10H,1,3-4,11-13H2. The van der Waals surface area contributed by atoms with Gasteiger partial charge < -0.3 is 9.47 Å². The number of aryl methyl sites for hydroxylation is 1. The van der Waals surface area contributed by atoms with Crippen molar-refractivity contribution < 1.29 is 14.3 Å². The Hall–Kier alpha value is -1.57. The van der Waals surface area contributed by atoms with Crippen LogP contribution in [0.15, 0.2) is 42.7 Å². The Kier molecular flexibility index (Phi) is 7.21. The zero-order chi connectivity index (χ0) is 15.6. The molecule has 2 aromatic rings. The number of nitrogens with zero attached hydrogens (tertiary/aromatic N) is 2. The molecule has 2 rings (SSSR count). The summed E-state index contributed by atoms with van der Waals surface area (Å²) in [7, 11) is 0. The van der Waals surface area contributed by atoms with E-state index in [0.717, 1.165) is 18.7 Å². The van der Waals surface area contributed by atoms with Crippen LogP contribution in [0.1, 0.15) is 19.3 Å². The number of halogens is 1. The highest BCUT2D eigenvalue weighted by atomic mass is 127. The molecule has 5 nitrogen and oxygen atoms in total. The number of rotatable bonds is 9. The maximum absolute atomic E-state index is 11.6. The first-order valence-electron chi connectivity index (χ1n) is 7.25. The van der Waals surface area contributed by atoms with Crippen molar-refractivity contribution in [3.8, 4) is 5.75 Å². The first-order valence-corrected chi connectivity index (χ1v) is 8.33. The normalized spacial score (nSPS) is 10.4. The molecule has 0 amide bonds. The molecule has 0 fully saturated rings. The summed E-state index contributed by atoms with van der Waals surface area (Å²) in [6.45, 7) is 1.70. The largest absolute Gasteiger partial charge is 0.494 e. The van der Waals surface area contributed by atoms with Crippen molar-refractivity contribution in [2.24, 2.45) is 0 Å². The predicted molar refractivity (Wildman–Crippen MR) is 91.7 cm³/mol. The summed E-state index contributed by atoms with van der Waals surface area (Å²) in [6, 6.07) is 9.71. The molecule has 0 aliphatic rings. The molecule has 6 heteroatoms. The van der Waals surface area contributed by atoms with Crippen LogP contribution in [-0.2, 0) is 16.1 Å². The van der Waals surface area contributed by atoms with E-state index in [1.54, 1.807) is 6.20 Å². The maximum atomic E-state index is 11.6. The lowest BCUT2D eigenvalue weighted by molar-refractivity contribution is -0.144. The summed E-state index contributed by atoms with van der Waals surface area (Å²) < 4.78 is 13.7. The molecule has 0 saturated carbocycles. The van der Waals surface area contributed by atoms with E-state index in [1.165, 1.54) is 3.57 Å². The number of carbonyl (C=O) groups excluding carboxylic acids is 1. The molecule has 0 bridgehead atoms. The van der Waals surface area contributed by atoms with Gasteiger partial charge in [0.25, 0.3) is 0 Å². The Labute approximate surface area is 143 Å². The van der Waals surface area contributed by atoms with Gasteiger partial charge in [-0.3, -0.25) is 9.48 Å². The van der Waals surface area contributed by atoms with Gasteiger partial charge in [0.1, 0.15) is 5.75 Å². The van der Waals surface area contributed by atoms with Crippen molar-refractivity contribution in [2.75, 3.05) is 13.2 Å². The van der Waals surface area contributed by atoms with E-state index < -0.39 is 0 Å². The third-order valence-electron chi connectivity index (χ3n) is 2.96. The quantitative estimate of drug-likeness (QED) is 0.359. The van der Waals surface area contributed by atoms with Gasteiger partial charge >= 0.3 is 5.97 Å². The molecular formula is C16H19IN2O3. The molecule has 0 N–H and O–H groups in total. The van der Waals surface area contributed by atoms with Gasteiger partial charge in [-0.25, -0.2) is 0 Å². The molecule has 1 aromatic heterocycles. The minimum atomic E-state index is -0.174. The lowest BCUT2D eigenvalue weighted by atomic mass is 10.3. The van der Waals surface area contributed by atoms with Crippen molar-refractivity contribution in [3.63, 3.8) is 0 Å². The number of hydrogen-bond donors (Lipinski definition) is 0. The van der Waals surface area contributed by atoms with Crippen LogP contribution in [0.3, 0.4) is 0 Å². The zero-order valence-electron chi connectivity index (χ0n) is 12.3. The second kappa shape index (κ2) is 9.45. The van der Waals surface area contributed by atoms with Crippen LogP contribution in [0.5, 0.6) is 5.75 Å². The van der Waals surface area contributed by atoms with Gasteiger partial charge in [0.05, 0.1) is 13.2 Å². The minimum absolute atomic E-state index is 0.174. The first-order chi connectivity index (χ1) is 10.7. The van der Waals surface area contributed by atoms with Gasteiger partial charge in [-0.05, 0) is 59.3 Å². The molecule has 0 saturated heterocycles. The first kappa shape index (κ1) is 16.8. The van der Waals surface area contributed by atoms with E-state index in [4.69, 9.17) is 9.47 Å². The molecule has 0 atom stereocenters. The fourth-order valence-corrected chi connectivity index (χ4v) is 2.21. The topological polar surface area (TPSA) is 53.4 Å². The molecule has 1 heterocycles. The molecule has 0 aliphatic heterocycles. The number of carbonyl (C=O) groups is 1. The van der Waals surface area contributed by atoms with Crippen molar-refractivity contribution in [1.29, 1.82) is 0 Å². The van der Waals surface area contributed by atoms with Gasteiger partial charge in [0, 0.05) is 35.4 Å². The number of aromatic nitrogens is 2. The molecular weight excluding hydrogens is 395 g/mol. The third-order valence-corrected chi connectivity index (χ3v) is 3.68. The molecule has 0 spiro atoms. The minimum Gasteiger partial charge on any atom is -0.494 e. The highest BCUT2D eigenvalue weighted by molar-refractivity contribution is 14.1. The fourth-order valence-electron chi connectivity index (χ4n) is 1.85. The molecule has 22 heavy (non-hydrogen) atoms. The average molecular weight is 414 g/mol. The number of ether oxygens (including phenoxy) is 2. The van der Waals surface area contributed by atoms with Crippen LogP contribution in [0.4, 0.5) is 0 Å². The van der Waals surface area contributed by atoms with Gasteiger partial charge in [-0.15, -0.1) is 0 Å². The lowest BCUT2D eigenvalue weighted by Gasteiger charge is -2.07. The number of esters is 1. The summed E-state index contributed by atoms with van der Waals surface area (Å²) in [5.41, 5.74) is 0. The molecule has 0 aliphatic carbocycles. The molecule has 0 radical (unpaired) electrons. The summed E-state index contributed by atoms with van der Waals surface area (Å²) in [5.74, 6) is 0.652. The maximum Gasteiger partial charge on any atom is 0.305 e. The molecule has 0 unspecified atom stereocenters. The Morgan fingerprint density at radius 2 is 2.00 bits per heavy atom. The average Bonchev–Trinajstić information content (AvgIpc) is 3.03. The summed E-state index contributed by atoms with van der Waals surface area (Å²) in [4.78, 5) is 11.6. The van der Waals surface area contributed by atoms with E-state index >= 15 is 0 Å². The Bertz CT molecular complexity index is 555. The Morgan fingerprint density at radius 3 is 2.73 bits per heavy atom. The van der Waals surface area contributed by atoms with Crippen LogP contribution in [0.2, 0.25) is 0 Å². The van der Waals surface area contributed by atoms with Gasteiger partial charge in [0.2, 0.25) is 0 Å². The van der Waals surface area contributed by atoms with Gasteiger partial charge in [0.15, 0.2) is 0 Å². The number of hydrogen-bond acceptors (Lipinski definition) is 4. The van der Waals surface area contributed by atoms with E-state index in [0.29, 0.717) is 26.1 Å². The summed E-state index contributed by atoms with van der Waals surface area (Å²) >= 11 is 2.25. The van der Waals surface area contributed by atoms with Crippen LogP contribution in [0, 0.1) is 3.57 Å². The van der Waals surface area contributed by atoms with Crippen molar-refractivity contribution >= 4 is 28.6 Å². The van der Waals surface area contributed by atoms with E-state index in [9.17, 15) is 4.79 Å². The fraction of sp³-hybridized carbons (Fsp3) is 0.375. The van der Waals surface area contributed by atoms with Crippen molar-refractivity contribution in [1.82, 2.24) is 9.78 Å². The SMILES string of the molecule is O=C(CCCOc1ccc(I)cc1)OCCCn1cccn1. The second-order valence-corrected chi connectivity index (χ2v) is 5.99. The van der Waals surface area contributed by atoms with Crippen molar-refractivity contribution in [3.05, 3.63) is 46.3 Å². The van der Waals surface area contributed by atoms with Gasteiger partial charge in [-0.1, -0.05) is 0 Å². The Balaban J connectivity index is 1.49. The highest BCUT2D eigenvalue weighted by Crippen LogP contribution is 2.13.